The summed E-state index contributed by atoms with van der Waals surface area (Å²) in [6, 6.07) is 5.22. The summed E-state index contributed by atoms with van der Waals surface area (Å²) in [4.78, 5) is 15.0. The molecule has 0 amide bonds. The lowest BCUT2D eigenvalue weighted by Crippen LogP contribution is -2.36. The fourth-order valence-electron chi connectivity index (χ4n) is 3.28. The second kappa shape index (κ2) is 8.86. The van der Waals surface area contributed by atoms with Crippen LogP contribution >= 0.6 is 23.2 Å². The largest absolute Gasteiger partial charge is 0.339 e. The monoisotopic (exact) mass is 444 g/mol. The minimum absolute atomic E-state index is 0.223. The third kappa shape index (κ3) is 4.64. The van der Waals surface area contributed by atoms with Gasteiger partial charge in [-0.1, -0.05) is 37.0 Å². The third-order valence-electron chi connectivity index (χ3n) is 4.59. The van der Waals surface area contributed by atoms with E-state index >= 15 is 0 Å². The Morgan fingerprint density at radius 3 is 2.53 bits per heavy atom. The molecule has 0 aromatic carbocycles. The van der Waals surface area contributed by atoms with Gasteiger partial charge in [-0.15, -0.1) is 0 Å². The van der Waals surface area contributed by atoms with Crippen LogP contribution in [-0.4, -0.2) is 37.7 Å². The Kier molecular flexibility index (Phi) is 6.44. The minimum Gasteiger partial charge on any atom is -0.339 e. The molecule has 30 heavy (non-hydrogen) atoms. The van der Waals surface area contributed by atoms with Crippen LogP contribution in [0.25, 0.3) is 11.0 Å². The maximum Gasteiger partial charge on any atom is 0.212 e. The summed E-state index contributed by atoms with van der Waals surface area (Å²) in [5.41, 5.74) is 4.31. The Hall–Kier alpha value is -2.89. The lowest BCUT2D eigenvalue weighted by atomic mass is 9.99. The van der Waals surface area contributed by atoms with Crippen molar-refractivity contribution in [2.75, 3.05) is 7.05 Å². The lowest BCUT2D eigenvalue weighted by Gasteiger charge is -2.20. The molecule has 0 atom stereocenters. The van der Waals surface area contributed by atoms with Crippen molar-refractivity contribution in [2.45, 2.75) is 33.2 Å². The van der Waals surface area contributed by atoms with Crippen LogP contribution in [0.1, 0.15) is 36.7 Å². The van der Waals surface area contributed by atoms with Crippen molar-refractivity contribution in [1.29, 1.82) is 5.26 Å². The molecule has 0 fully saturated rings. The SMILES string of the molecule is Cc1nn(C)c2nc(CN(C)C(=Nc3cc(Cl)nc(Cl)c3)NC#N)cc(C(C)C)c12. The predicted octanol–water partition coefficient (Wildman–Crippen LogP) is 4.29. The maximum absolute atomic E-state index is 9.18. The Morgan fingerprint density at radius 2 is 1.93 bits per heavy atom. The molecule has 0 spiro atoms. The molecule has 10 heteroatoms. The van der Waals surface area contributed by atoms with Gasteiger partial charge in [0.2, 0.25) is 5.96 Å². The number of pyridine rings is 2. The van der Waals surface area contributed by atoms with Crippen molar-refractivity contribution in [2.24, 2.45) is 12.0 Å². The van der Waals surface area contributed by atoms with Gasteiger partial charge in [-0.05, 0) is 24.5 Å². The summed E-state index contributed by atoms with van der Waals surface area (Å²) in [5.74, 6) is 0.652. The molecule has 3 aromatic heterocycles. The fraction of sp³-hybridized carbons (Fsp3) is 0.350. The summed E-state index contributed by atoms with van der Waals surface area (Å²) < 4.78 is 1.80. The van der Waals surface area contributed by atoms with E-state index in [0.29, 0.717) is 24.1 Å². The summed E-state index contributed by atoms with van der Waals surface area (Å²) in [7, 11) is 3.71. The highest BCUT2D eigenvalue weighted by Crippen LogP contribution is 2.28. The van der Waals surface area contributed by atoms with Crippen LogP contribution in [0.3, 0.4) is 0 Å². The molecule has 0 bridgehead atoms. The molecule has 156 valence electrons. The number of hydrogen-bond donors (Lipinski definition) is 1. The molecule has 0 saturated heterocycles. The standard InChI is InChI=1S/C20H22Cl2N8/c1-11(2)15-6-14(25-19-18(15)12(3)28-30(19)5)9-29(4)20(24-10-23)26-13-7-16(21)27-17(22)8-13/h6-8,11H,9H2,1-5H3,(H,24,26,27). The fourth-order valence-corrected chi connectivity index (χ4v) is 3.73. The first kappa shape index (κ1) is 21.8. The van der Waals surface area contributed by atoms with E-state index in [1.807, 2.05) is 27.2 Å². The zero-order valence-corrected chi connectivity index (χ0v) is 18.9. The van der Waals surface area contributed by atoms with Gasteiger partial charge in [-0.2, -0.15) is 10.4 Å². The number of guanidine groups is 1. The molecule has 0 aliphatic heterocycles. The average molecular weight is 445 g/mol. The number of fused-ring (bicyclic) bond motifs is 1. The van der Waals surface area contributed by atoms with Crippen LogP contribution in [0.15, 0.2) is 23.2 Å². The summed E-state index contributed by atoms with van der Waals surface area (Å²) in [6.07, 6.45) is 1.92. The first-order valence-corrected chi connectivity index (χ1v) is 10.1. The van der Waals surface area contributed by atoms with E-state index in [1.165, 1.54) is 5.56 Å². The van der Waals surface area contributed by atoms with E-state index < -0.39 is 0 Å². The highest BCUT2D eigenvalue weighted by atomic mass is 35.5. The Morgan fingerprint density at radius 1 is 1.27 bits per heavy atom. The second-order valence-corrected chi connectivity index (χ2v) is 8.04. The first-order valence-electron chi connectivity index (χ1n) is 9.30. The summed E-state index contributed by atoms with van der Waals surface area (Å²) in [5, 5.41) is 17.8. The number of nitrogens with zero attached hydrogens (tertiary/aromatic N) is 7. The van der Waals surface area contributed by atoms with Gasteiger partial charge < -0.3 is 4.90 Å². The predicted molar refractivity (Wildman–Crippen MR) is 119 cm³/mol. The zero-order chi connectivity index (χ0) is 22.0. The Labute approximate surface area is 185 Å². The van der Waals surface area contributed by atoms with Gasteiger partial charge in [0.25, 0.3) is 0 Å². The van der Waals surface area contributed by atoms with Crippen molar-refractivity contribution < 1.29 is 0 Å². The zero-order valence-electron chi connectivity index (χ0n) is 17.4. The molecule has 3 heterocycles. The van der Waals surface area contributed by atoms with E-state index in [-0.39, 0.29) is 10.3 Å². The van der Waals surface area contributed by atoms with Crippen molar-refractivity contribution in [3.63, 3.8) is 0 Å². The van der Waals surface area contributed by atoms with Crippen LogP contribution < -0.4 is 5.32 Å². The highest BCUT2D eigenvalue weighted by Gasteiger charge is 2.17. The van der Waals surface area contributed by atoms with Crippen molar-refractivity contribution >= 4 is 45.9 Å². The van der Waals surface area contributed by atoms with Crippen molar-refractivity contribution in [1.82, 2.24) is 30.0 Å². The molecule has 3 rings (SSSR count). The molecule has 0 saturated carbocycles. The van der Waals surface area contributed by atoms with Crippen molar-refractivity contribution in [3.05, 3.63) is 45.5 Å². The molecular weight excluding hydrogens is 423 g/mol. The van der Waals surface area contributed by atoms with Gasteiger partial charge >= 0.3 is 0 Å². The van der Waals surface area contributed by atoms with Gasteiger partial charge in [0.15, 0.2) is 11.8 Å². The van der Waals surface area contributed by atoms with Crippen LogP contribution in [0.4, 0.5) is 5.69 Å². The minimum atomic E-state index is 0.223. The highest BCUT2D eigenvalue weighted by molar-refractivity contribution is 6.32. The molecular formula is C20H22Cl2N8. The summed E-state index contributed by atoms with van der Waals surface area (Å²) in [6.45, 7) is 6.72. The van der Waals surface area contributed by atoms with Crippen LogP contribution in [0.5, 0.6) is 0 Å². The smallest absolute Gasteiger partial charge is 0.212 e. The van der Waals surface area contributed by atoms with E-state index in [9.17, 15) is 5.26 Å². The number of hydrogen-bond acceptors (Lipinski definition) is 5. The number of aliphatic imine (C=N–C) groups is 1. The van der Waals surface area contributed by atoms with E-state index in [1.54, 1.807) is 21.7 Å². The quantitative estimate of drug-likeness (QED) is 0.212. The topological polar surface area (TPSA) is 95.0 Å². The van der Waals surface area contributed by atoms with Gasteiger partial charge in [0, 0.05) is 31.6 Å². The molecule has 1 N–H and O–H groups in total. The molecule has 3 aromatic rings. The third-order valence-corrected chi connectivity index (χ3v) is 4.97. The van der Waals surface area contributed by atoms with Gasteiger partial charge in [0.05, 0.1) is 23.6 Å². The second-order valence-electron chi connectivity index (χ2n) is 7.26. The number of nitriles is 1. The van der Waals surface area contributed by atoms with Crippen LogP contribution in [-0.2, 0) is 13.6 Å². The molecule has 0 aliphatic carbocycles. The number of nitrogens with one attached hydrogen (secondary N) is 1. The lowest BCUT2D eigenvalue weighted by molar-refractivity contribution is 0.480. The normalized spacial score (nSPS) is 11.8. The van der Waals surface area contributed by atoms with Gasteiger partial charge in [-0.25, -0.2) is 15.0 Å². The number of aryl methyl sites for hydroxylation is 2. The van der Waals surface area contributed by atoms with Gasteiger partial charge in [0.1, 0.15) is 10.3 Å². The average Bonchev–Trinajstić information content (AvgIpc) is 2.93. The Balaban J connectivity index is 1.99. The van der Waals surface area contributed by atoms with E-state index in [0.717, 1.165) is 22.4 Å². The van der Waals surface area contributed by atoms with Gasteiger partial charge in [-0.3, -0.25) is 10.00 Å². The number of rotatable bonds is 4. The number of aromatic nitrogens is 4. The van der Waals surface area contributed by atoms with E-state index in [2.05, 4.69) is 40.3 Å². The van der Waals surface area contributed by atoms with Crippen LogP contribution in [0, 0.1) is 18.4 Å². The molecule has 0 unspecified atom stereocenters. The first-order chi connectivity index (χ1) is 14.2. The number of halogens is 2. The Bertz CT molecular complexity index is 1140. The molecule has 8 nitrogen and oxygen atoms in total. The molecule has 0 radical (unpaired) electrons. The van der Waals surface area contributed by atoms with Crippen LogP contribution in [0.2, 0.25) is 10.3 Å². The molecule has 0 aliphatic rings. The van der Waals surface area contributed by atoms with E-state index in [4.69, 9.17) is 28.2 Å². The maximum atomic E-state index is 9.18. The summed E-state index contributed by atoms with van der Waals surface area (Å²) >= 11 is 11.9. The van der Waals surface area contributed by atoms with Crippen molar-refractivity contribution in [3.8, 4) is 6.19 Å².